The van der Waals surface area contributed by atoms with Crippen LogP contribution in [0, 0.1) is 23.7 Å². The second-order valence-corrected chi connectivity index (χ2v) is 12.7. The Balaban J connectivity index is 1.53. The molecule has 0 heterocycles. The van der Waals surface area contributed by atoms with Crippen molar-refractivity contribution in [2.75, 3.05) is 33.2 Å². The number of ether oxygens (including phenoxy) is 3. The summed E-state index contributed by atoms with van der Waals surface area (Å²) in [5.74, 6) is 3.07. The molecule has 3 aliphatic carbocycles. The third-order valence-electron chi connectivity index (χ3n) is 9.22. The standard InChI is InChI=1S/C35H45N3O6/c1-19(2)13-29(35(41)36-18-24-15-21-7-8-22(24)14-21)38-28-12-10-25-26(17-30(28)40)27(37-20(3)39)11-9-23-16-31(42-4)33(43-5)34(44-6)32(23)25/h7-8,10,12,16-17,19,21-22,24,27,29H,9,11,13-15,18H2,1-6H3,(H,36,41)(H,37,39)(H,38,40)/t21-,22-,24+,27+,29+/m1/s1. The lowest BCUT2D eigenvalue weighted by molar-refractivity contribution is -0.122. The number of fused-ring (bicyclic) bond motifs is 5. The zero-order chi connectivity index (χ0) is 31.5. The molecule has 0 saturated heterocycles. The first kappa shape index (κ1) is 31.4. The molecule has 0 aliphatic heterocycles. The van der Waals surface area contributed by atoms with Crippen LogP contribution in [0.15, 0.2) is 41.2 Å². The van der Waals surface area contributed by atoms with Crippen LogP contribution in [-0.2, 0) is 16.0 Å². The van der Waals surface area contributed by atoms with Gasteiger partial charge in [0.25, 0.3) is 0 Å². The molecule has 3 aliphatic rings. The topological polar surface area (TPSA) is 115 Å². The molecule has 236 valence electrons. The molecular formula is C35H45N3O6. The van der Waals surface area contributed by atoms with Crippen molar-refractivity contribution in [3.05, 3.63) is 57.8 Å². The Bertz CT molecular complexity index is 1500. The molecule has 44 heavy (non-hydrogen) atoms. The molecule has 9 nitrogen and oxygen atoms in total. The summed E-state index contributed by atoms with van der Waals surface area (Å²) < 4.78 is 17.2. The van der Waals surface area contributed by atoms with E-state index in [1.165, 1.54) is 13.3 Å². The summed E-state index contributed by atoms with van der Waals surface area (Å²) in [6, 6.07) is 6.13. The van der Waals surface area contributed by atoms with Gasteiger partial charge in [-0.05, 0) is 90.7 Å². The zero-order valence-corrected chi connectivity index (χ0v) is 26.6. The van der Waals surface area contributed by atoms with Crippen molar-refractivity contribution >= 4 is 17.5 Å². The maximum Gasteiger partial charge on any atom is 0.242 e. The van der Waals surface area contributed by atoms with Crippen LogP contribution in [-0.4, -0.2) is 45.7 Å². The number of hydrogen-bond donors (Lipinski definition) is 3. The number of carbonyl (C=O) groups is 2. The van der Waals surface area contributed by atoms with Gasteiger partial charge in [-0.3, -0.25) is 14.4 Å². The number of benzene rings is 1. The maximum absolute atomic E-state index is 13.8. The Morgan fingerprint density at radius 3 is 2.39 bits per heavy atom. The third kappa shape index (κ3) is 6.42. The van der Waals surface area contributed by atoms with E-state index in [1.54, 1.807) is 33.5 Å². The predicted molar refractivity (Wildman–Crippen MR) is 171 cm³/mol. The van der Waals surface area contributed by atoms with Gasteiger partial charge >= 0.3 is 0 Å². The smallest absolute Gasteiger partial charge is 0.242 e. The summed E-state index contributed by atoms with van der Waals surface area (Å²) in [4.78, 5) is 39.6. The summed E-state index contributed by atoms with van der Waals surface area (Å²) in [6.07, 6.45) is 8.65. The monoisotopic (exact) mass is 603 g/mol. The SMILES string of the molecule is COc1cc2c(c(OC)c1OC)-c1ccc(N[C@@H](CC(C)C)C(=O)NC[C@@H]3C[C@@H]4C=C[C@@H]3C4)c(=O)cc1[C@@H](NC(C)=O)CC2. The number of carbonyl (C=O) groups excluding carboxylic acids is 2. The van der Waals surface area contributed by atoms with E-state index in [9.17, 15) is 14.4 Å². The highest BCUT2D eigenvalue weighted by atomic mass is 16.5. The second kappa shape index (κ2) is 13.3. The fraction of sp³-hybridized carbons (Fsp3) is 0.514. The van der Waals surface area contributed by atoms with E-state index >= 15 is 0 Å². The van der Waals surface area contributed by atoms with Crippen molar-refractivity contribution in [1.82, 2.24) is 10.6 Å². The minimum Gasteiger partial charge on any atom is -0.493 e. The molecule has 5 atom stereocenters. The van der Waals surface area contributed by atoms with Gasteiger partial charge in [0.1, 0.15) is 6.04 Å². The largest absolute Gasteiger partial charge is 0.493 e. The number of methoxy groups -OCH3 is 3. The highest BCUT2D eigenvalue weighted by Gasteiger charge is 2.36. The molecule has 2 bridgehead atoms. The quantitative estimate of drug-likeness (QED) is 0.309. The number of nitrogens with one attached hydrogen (secondary N) is 3. The van der Waals surface area contributed by atoms with Crippen molar-refractivity contribution in [3.8, 4) is 28.4 Å². The Morgan fingerprint density at radius 1 is 1.00 bits per heavy atom. The predicted octanol–water partition coefficient (Wildman–Crippen LogP) is 5.02. The number of rotatable bonds is 11. The van der Waals surface area contributed by atoms with Gasteiger partial charge in [-0.15, -0.1) is 0 Å². The van der Waals surface area contributed by atoms with Gasteiger partial charge in [-0.1, -0.05) is 32.1 Å². The van der Waals surface area contributed by atoms with Crippen molar-refractivity contribution in [1.29, 1.82) is 0 Å². The van der Waals surface area contributed by atoms with Crippen LogP contribution >= 0.6 is 0 Å². The number of amides is 2. The van der Waals surface area contributed by atoms with E-state index in [1.807, 2.05) is 12.1 Å². The van der Waals surface area contributed by atoms with Crippen molar-refractivity contribution in [3.63, 3.8) is 0 Å². The highest BCUT2D eigenvalue weighted by molar-refractivity contribution is 5.86. The average molecular weight is 604 g/mol. The summed E-state index contributed by atoms with van der Waals surface area (Å²) in [5.41, 5.74) is 3.22. The Kier molecular flexibility index (Phi) is 9.51. The molecule has 1 saturated carbocycles. The fourth-order valence-electron chi connectivity index (χ4n) is 7.20. The lowest BCUT2D eigenvalue weighted by Gasteiger charge is -2.23. The first-order chi connectivity index (χ1) is 21.1. The van der Waals surface area contributed by atoms with E-state index in [0.717, 1.165) is 23.1 Å². The summed E-state index contributed by atoms with van der Waals surface area (Å²) in [6.45, 7) is 6.25. The fourth-order valence-corrected chi connectivity index (χ4v) is 7.20. The van der Waals surface area contributed by atoms with Crippen LogP contribution in [0.1, 0.15) is 63.6 Å². The average Bonchev–Trinajstić information content (AvgIpc) is 3.55. The molecule has 9 heteroatoms. The summed E-state index contributed by atoms with van der Waals surface area (Å²) in [7, 11) is 4.71. The van der Waals surface area contributed by atoms with Gasteiger partial charge < -0.3 is 30.2 Å². The van der Waals surface area contributed by atoms with Gasteiger partial charge in [-0.25, -0.2) is 0 Å². The van der Waals surface area contributed by atoms with E-state index in [0.29, 0.717) is 72.1 Å². The van der Waals surface area contributed by atoms with Gasteiger partial charge in [-0.2, -0.15) is 0 Å². The number of anilines is 1. The lowest BCUT2D eigenvalue weighted by Crippen LogP contribution is -2.43. The van der Waals surface area contributed by atoms with Crippen molar-refractivity contribution in [2.45, 2.75) is 65.0 Å². The third-order valence-corrected chi connectivity index (χ3v) is 9.22. The molecule has 2 amide bonds. The molecular weight excluding hydrogens is 558 g/mol. The van der Waals surface area contributed by atoms with Crippen LogP contribution in [0.5, 0.6) is 17.2 Å². The molecule has 0 radical (unpaired) electrons. The van der Waals surface area contributed by atoms with E-state index in [2.05, 4.69) is 41.9 Å². The van der Waals surface area contributed by atoms with Crippen LogP contribution in [0.2, 0.25) is 0 Å². The van der Waals surface area contributed by atoms with Crippen LogP contribution in [0.3, 0.4) is 0 Å². The van der Waals surface area contributed by atoms with Crippen LogP contribution < -0.4 is 35.6 Å². The Labute approximate surface area is 259 Å². The number of allylic oxidation sites excluding steroid dienone is 2. The van der Waals surface area contributed by atoms with E-state index < -0.39 is 12.1 Å². The number of hydrogen-bond acceptors (Lipinski definition) is 7. The van der Waals surface area contributed by atoms with E-state index in [4.69, 9.17) is 14.2 Å². The minimum absolute atomic E-state index is 0.0992. The van der Waals surface area contributed by atoms with Crippen molar-refractivity contribution < 1.29 is 23.8 Å². The molecule has 0 spiro atoms. The molecule has 5 rings (SSSR count). The normalized spacial score (nSPS) is 22.0. The Hall–Kier alpha value is -4.01. The van der Waals surface area contributed by atoms with Crippen molar-refractivity contribution in [2.24, 2.45) is 23.7 Å². The molecule has 2 aromatic rings. The first-order valence-corrected chi connectivity index (χ1v) is 15.6. The zero-order valence-electron chi connectivity index (χ0n) is 26.6. The van der Waals surface area contributed by atoms with Gasteiger partial charge in [0.2, 0.25) is 23.0 Å². The minimum atomic E-state index is -0.573. The first-order valence-electron chi connectivity index (χ1n) is 15.6. The van der Waals surface area contributed by atoms with Gasteiger partial charge in [0, 0.05) is 19.0 Å². The lowest BCUT2D eigenvalue weighted by atomic mass is 9.93. The number of aryl methyl sites for hydroxylation is 1. The second-order valence-electron chi connectivity index (χ2n) is 12.7. The molecule has 0 aromatic heterocycles. The van der Waals surface area contributed by atoms with Crippen LogP contribution in [0.25, 0.3) is 11.1 Å². The molecule has 1 fully saturated rings. The molecule has 0 unspecified atom stereocenters. The van der Waals surface area contributed by atoms with Gasteiger partial charge in [0.05, 0.1) is 33.1 Å². The maximum atomic E-state index is 13.8. The van der Waals surface area contributed by atoms with Gasteiger partial charge in [0.15, 0.2) is 11.5 Å². The highest BCUT2D eigenvalue weighted by Crippen LogP contribution is 2.50. The van der Waals surface area contributed by atoms with Crippen LogP contribution in [0.4, 0.5) is 5.69 Å². The van der Waals surface area contributed by atoms with E-state index in [-0.39, 0.29) is 23.2 Å². The molecule has 2 aromatic carbocycles. The Morgan fingerprint density at radius 2 is 1.77 bits per heavy atom. The summed E-state index contributed by atoms with van der Waals surface area (Å²) in [5, 5.41) is 9.51. The summed E-state index contributed by atoms with van der Waals surface area (Å²) >= 11 is 0. The molecule has 3 N–H and O–H groups in total.